The lowest BCUT2D eigenvalue weighted by molar-refractivity contribution is 0.517. The average molecular weight is 126 g/mol. The number of hydrogen-bond donors (Lipinski definition) is 1. The van der Waals surface area contributed by atoms with Crippen molar-refractivity contribution in [2.24, 2.45) is 0 Å². The van der Waals surface area contributed by atoms with Crippen LogP contribution in [-0.4, -0.2) is 9.78 Å². The molecule has 0 aliphatic carbocycles. The second-order valence-corrected chi connectivity index (χ2v) is 2.26. The monoisotopic (exact) mass is 126 g/mol. The van der Waals surface area contributed by atoms with Gasteiger partial charge in [-0.3, -0.25) is 9.48 Å². The van der Waals surface area contributed by atoms with Crippen molar-refractivity contribution >= 4 is 0 Å². The van der Waals surface area contributed by atoms with Gasteiger partial charge in [-0.05, 0) is 13.8 Å². The summed E-state index contributed by atoms with van der Waals surface area (Å²) in [5.74, 6) is 0. The smallest absolute Gasteiger partial charge is 0.266 e. The van der Waals surface area contributed by atoms with Crippen molar-refractivity contribution in [3.8, 4) is 0 Å². The molecule has 0 bridgehead atoms. The molecule has 1 rings (SSSR count). The Labute approximate surface area is 53.3 Å². The van der Waals surface area contributed by atoms with Gasteiger partial charge in [-0.1, -0.05) is 0 Å². The highest BCUT2D eigenvalue weighted by Crippen LogP contribution is 1.93. The third kappa shape index (κ3) is 1.04. The van der Waals surface area contributed by atoms with Crippen LogP contribution in [-0.2, 0) is 0 Å². The van der Waals surface area contributed by atoms with Crippen LogP contribution < -0.4 is 5.56 Å². The summed E-state index contributed by atoms with van der Waals surface area (Å²) < 4.78 is 1.57. The van der Waals surface area contributed by atoms with E-state index < -0.39 is 0 Å². The number of H-pyrrole nitrogens is 1. The minimum Gasteiger partial charge on any atom is -0.303 e. The third-order valence-electron chi connectivity index (χ3n) is 1.19. The predicted octanol–water partition coefficient (Wildman–Crippen LogP) is 0.757. The van der Waals surface area contributed by atoms with Gasteiger partial charge in [0.1, 0.15) is 0 Å². The minimum atomic E-state index is 0.0324. The van der Waals surface area contributed by atoms with E-state index in [0.29, 0.717) is 0 Å². The van der Waals surface area contributed by atoms with Gasteiger partial charge in [0.2, 0.25) is 0 Å². The Morgan fingerprint density at radius 1 is 1.67 bits per heavy atom. The van der Waals surface area contributed by atoms with E-state index in [-0.39, 0.29) is 11.6 Å². The molecule has 1 N–H and O–H groups in total. The Bertz CT molecular complexity index is 233. The molecule has 0 radical (unpaired) electrons. The molecule has 0 amide bonds. The molecular weight excluding hydrogens is 116 g/mol. The maximum atomic E-state index is 10.8. The number of aromatic amines is 1. The fraction of sp³-hybridized carbons (Fsp3) is 0.500. The zero-order chi connectivity index (χ0) is 6.85. The highest BCUT2D eigenvalue weighted by Gasteiger charge is 1.97. The largest absolute Gasteiger partial charge is 0.303 e. The molecule has 9 heavy (non-hydrogen) atoms. The molecule has 0 fully saturated rings. The van der Waals surface area contributed by atoms with E-state index in [1.165, 1.54) is 6.07 Å². The van der Waals surface area contributed by atoms with E-state index >= 15 is 0 Å². The Hall–Kier alpha value is -0.990. The predicted molar refractivity (Wildman–Crippen MR) is 35.4 cm³/mol. The maximum absolute atomic E-state index is 10.8. The van der Waals surface area contributed by atoms with Crippen molar-refractivity contribution in [3.05, 3.63) is 22.6 Å². The Morgan fingerprint density at radius 2 is 2.33 bits per heavy atom. The van der Waals surface area contributed by atoms with Crippen LogP contribution in [0.1, 0.15) is 19.9 Å². The normalized spacial score (nSPS) is 10.6. The molecule has 1 heterocycles. The van der Waals surface area contributed by atoms with Crippen LogP contribution in [0.2, 0.25) is 0 Å². The first kappa shape index (κ1) is 6.13. The summed E-state index contributed by atoms with van der Waals surface area (Å²) in [7, 11) is 0. The van der Waals surface area contributed by atoms with Gasteiger partial charge < -0.3 is 5.10 Å². The molecule has 0 saturated heterocycles. The van der Waals surface area contributed by atoms with Crippen molar-refractivity contribution in [3.63, 3.8) is 0 Å². The highest BCUT2D eigenvalue weighted by atomic mass is 16.1. The third-order valence-corrected chi connectivity index (χ3v) is 1.19. The molecule has 1 aromatic heterocycles. The van der Waals surface area contributed by atoms with Crippen molar-refractivity contribution in [2.45, 2.75) is 19.9 Å². The highest BCUT2D eigenvalue weighted by molar-refractivity contribution is 4.81. The van der Waals surface area contributed by atoms with Gasteiger partial charge in [-0.2, -0.15) is 0 Å². The zero-order valence-corrected chi connectivity index (χ0v) is 5.59. The summed E-state index contributed by atoms with van der Waals surface area (Å²) in [5, 5.41) is 2.81. The second kappa shape index (κ2) is 2.09. The Kier molecular flexibility index (Phi) is 1.42. The summed E-state index contributed by atoms with van der Waals surface area (Å²) in [6, 6.07) is 1.74. The second-order valence-electron chi connectivity index (χ2n) is 2.26. The maximum Gasteiger partial charge on any atom is 0.266 e. The van der Waals surface area contributed by atoms with E-state index in [9.17, 15) is 4.79 Å². The molecular formula is C6H10N2O. The van der Waals surface area contributed by atoms with Gasteiger partial charge in [-0.15, -0.1) is 0 Å². The average Bonchev–Trinajstić information content (AvgIpc) is 2.13. The topological polar surface area (TPSA) is 37.8 Å². The van der Waals surface area contributed by atoms with Gasteiger partial charge >= 0.3 is 0 Å². The summed E-state index contributed by atoms with van der Waals surface area (Å²) >= 11 is 0. The van der Waals surface area contributed by atoms with Crippen molar-refractivity contribution in [1.29, 1.82) is 0 Å². The van der Waals surface area contributed by atoms with Gasteiger partial charge in [-0.25, -0.2) is 0 Å². The van der Waals surface area contributed by atoms with Crippen molar-refractivity contribution < 1.29 is 0 Å². The summed E-state index contributed by atoms with van der Waals surface area (Å²) in [6.45, 7) is 3.91. The molecule has 0 atom stereocenters. The van der Waals surface area contributed by atoms with E-state index in [4.69, 9.17) is 0 Å². The Morgan fingerprint density at radius 3 is 2.56 bits per heavy atom. The molecule has 0 aliphatic heterocycles. The van der Waals surface area contributed by atoms with Crippen molar-refractivity contribution in [2.75, 3.05) is 0 Å². The summed E-state index contributed by atoms with van der Waals surface area (Å²) in [5.41, 5.74) is 0.0324. The molecule has 0 aliphatic rings. The minimum absolute atomic E-state index is 0.0324. The number of aromatic nitrogens is 2. The lowest BCUT2D eigenvalue weighted by atomic mass is 10.4. The fourth-order valence-corrected chi connectivity index (χ4v) is 0.736. The van der Waals surface area contributed by atoms with Crippen LogP contribution in [0.3, 0.4) is 0 Å². The van der Waals surface area contributed by atoms with Gasteiger partial charge in [0.15, 0.2) is 0 Å². The van der Waals surface area contributed by atoms with Crippen LogP contribution >= 0.6 is 0 Å². The van der Waals surface area contributed by atoms with E-state index in [2.05, 4.69) is 5.10 Å². The SMILES string of the molecule is CC(C)n1[nH]ccc1=O. The molecule has 1 aromatic rings. The first-order valence-electron chi connectivity index (χ1n) is 2.97. The first-order chi connectivity index (χ1) is 4.22. The Balaban J connectivity index is 3.08. The molecule has 3 heteroatoms. The number of hydrogen-bond acceptors (Lipinski definition) is 1. The quantitative estimate of drug-likeness (QED) is 0.592. The first-order valence-corrected chi connectivity index (χ1v) is 2.97. The van der Waals surface area contributed by atoms with E-state index in [0.717, 1.165) is 0 Å². The van der Waals surface area contributed by atoms with Gasteiger partial charge in [0.05, 0.1) is 0 Å². The van der Waals surface area contributed by atoms with E-state index in [1.54, 1.807) is 10.9 Å². The molecule has 0 aromatic carbocycles. The fourth-order valence-electron chi connectivity index (χ4n) is 0.736. The molecule has 50 valence electrons. The van der Waals surface area contributed by atoms with Crippen LogP contribution in [0.5, 0.6) is 0 Å². The summed E-state index contributed by atoms with van der Waals surface area (Å²) in [4.78, 5) is 10.8. The molecule has 3 nitrogen and oxygen atoms in total. The van der Waals surface area contributed by atoms with Gasteiger partial charge in [0.25, 0.3) is 5.56 Å². The lowest BCUT2D eigenvalue weighted by Gasteiger charge is -2.02. The van der Waals surface area contributed by atoms with E-state index in [1.807, 2.05) is 13.8 Å². The lowest BCUT2D eigenvalue weighted by Crippen LogP contribution is -2.17. The van der Waals surface area contributed by atoms with Gasteiger partial charge in [0, 0.05) is 18.3 Å². The molecule has 0 saturated carbocycles. The van der Waals surface area contributed by atoms with Crippen LogP contribution in [0, 0.1) is 0 Å². The van der Waals surface area contributed by atoms with Crippen LogP contribution in [0.4, 0.5) is 0 Å². The number of nitrogens with one attached hydrogen (secondary N) is 1. The van der Waals surface area contributed by atoms with Crippen LogP contribution in [0.15, 0.2) is 17.1 Å². The number of nitrogens with zero attached hydrogens (tertiary/aromatic N) is 1. The summed E-state index contributed by atoms with van der Waals surface area (Å²) in [6.07, 6.45) is 1.64. The molecule has 0 unspecified atom stereocenters. The van der Waals surface area contributed by atoms with Crippen LogP contribution in [0.25, 0.3) is 0 Å². The van der Waals surface area contributed by atoms with Crippen molar-refractivity contribution in [1.82, 2.24) is 9.78 Å². The zero-order valence-electron chi connectivity index (χ0n) is 5.59. The molecule has 0 spiro atoms. The number of rotatable bonds is 1. The standard InChI is InChI=1S/C6H10N2O/c1-5(2)8-6(9)3-4-7-8/h3-5,7H,1-2H3.